The molecular formula is C18H16F2N2O2S. The van der Waals surface area contributed by atoms with Crippen LogP contribution < -0.4 is 4.74 Å². The van der Waals surface area contributed by atoms with E-state index in [-0.39, 0.29) is 24.3 Å². The highest BCUT2D eigenvalue weighted by molar-refractivity contribution is 7.18. The zero-order valence-corrected chi connectivity index (χ0v) is 14.5. The molecule has 0 spiro atoms. The van der Waals surface area contributed by atoms with Gasteiger partial charge in [0.25, 0.3) is 5.91 Å². The number of carbonyl (C=O) groups is 1. The van der Waals surface area contributed by atoms with E-state index < -0.39 is 11.6 Å². The molecule has 0 aliphatic heterocycles. The Bertz CT molecular complexity index is 880. The first-order chi connectivity index (χ1) is 12.0. The summed E-state index contributed by atoms with van der Waals surface area (Å²) in [6.45, 7) is 1.62. The normalized spacial score (nSPS) is 12.2. The fraction of sp³-hybridized carbons (Fsp3) is 0.222. The Morgan fingerprint density at radius 2 is 2.00 bits per heavy atom. The molecule has 0 fully saturated rings. The van der Waals surface area contributed by atoms with Crippen molar-refractivity contribution in [3.8, 4) is 5.75 Å². The number of benzene rings is 2. The van der Waals surface area contributed by atoms with E-state index in [9.17, 15) is 13.6 Å². The molecule has 0 radical (unpaired) electrons. The van der Waals surface area contributed by atoms with Gasteiger partial charge in [-0.2, -0.15) is 0 Å². The molecule has 7 heteroatoms. The number of halogens is 2. The third kappa shape index (κ3) is 3.76. The fourth-order valence-electron chi connectivity index (χ4n) is 2.26. The van der Waals surface area contributed by atoms with Crippen LogP contribution in [0.4, 0.5) is 8.78 Å². The first-order valence-electron chi connectivity index (χ1n) is 7.64. The summed E-state index contributed by atoms with van der Waals surface area (Å²) in [7, 11) is 1.66. The van der Waals surface area contributed by atoms with Crippen LogP contribution in [0.2, 0.25) is 0 Å². The molecule has 0 saturated carbocycles. The molecule has 0 unspecified atom stereocenters. The number of carbonyl (C=O) groups excluding carboxylic acids is 1. The molecule has 0 aliphatic rings. The van der Waals surface area contributed by atoms with E-state index in [1.807, 2.05) is 31.2 Å². The second-order valence-corrected chi connectivity index (χ2v) is 6.63. The van der Waals surface area contributed by atoms with Crippen LogP contribution in [0, 0.1) is 11.6 Å². The van der Waals surface area contributed by atoms with Crippen molar-refractivity contribution in [2.24, 2.45) is 0 Å². The highest BCUT2D eigenvalue weighted by Crippen LogP contribution is 2.28. The minimum Gasteiger partial charge on any atom is -0.484 e. The highest BCUT2D eigenvalue weighted by Gasteiger charge is 2.21. The number of likely N-dealkylation sites (N-methyl/N-ethyl adjacent to an activating group) is 1. The molecule has 1 aromatic heterocycles. The van der Waals surface area contributed by atoms with Crippen LogP contribution in [0.3, 0.4) is 0 Å². The first-order valence-corrected chi connectivity index (χ1v) is 8.46. The van der Waals surface area contributed by atoms with Crippen LogP contribution in [-0.2, 0) is 4.79 Å². The first kappa shape index (κ1) is 17.3. The molecule has 130 valence electrons. The number of hydrogen-bond acceptors (Lipinski definition) is 4. The minimum absolute atomic E-state index is 0.105. The quantitative estimate of drug-likeness (QED) is 0.684. The molecule has 1 heterocycles. The van der Waals surface area contributed by atoms with Crippen LogP contribution >= 0.6 is 11.3 Å². The predicted molar refractivity (Wildman–Crippen MR) is 92.7 cm³/mol. The summed E-state index contributed by atoms with van der Waals surface area (Å²) in [6, 6.07) is 10.7. The van der Waals surface area contributed by atoms with Gasteiger partial charge in [-0.3, -0.25) is 4.79 Å². The molecule has 0 bridgehead atoms. The zero-order chi connectivity index (χ0) is 18.0. The molecular weight excluding hydrogens is 346 g/mol. The third-order valence-corrected chi connectivity index (χ3v) is 5.10. The average Bonchev–Trinajstić information content (AvgIpc) is 3.05. The van der Waals surface area contributed by atoms with Crippen LogP contribution in [0.25, 0.3) is 10.2 Å². The minimum atomic E-state index is -1.01. The summed E-state index contributed by atoms with van der Waals surface area (Å²) >= 11 is 1.53. The lowest BCUT2D eigenvalue weighted by molar-refractivity contribution is -0.134. The molecule has 3 aromatic rings. The fourth-order valence-corrected chi connectivity index (χ4v) is 3.33. The van der Waals surface area contributed by atoms with Gasteiger partial charge in [-0.15, -0.1) is 11.3 Å². The SMILES string of the molecule is C[C@@H](c1nc2ccccc2s1)N(C)C(=O)COc1ccc(F)c(F)c1. The maximum Gasteiger partial charge on any atom is 0.260 e. The van der Waals surface area contributed by atoms with E-state index in [2.05, 4.69) is 4.98 Å². The number of amides is 1. The standard InChI is InChI=1S/C18H16F2N2O2S/c1-11(18-21-15-5-3-4-6-16(15)25-18)22(2)17(23)10-24-12-7-8-13(19)14(20)9-12/h3-9,11H,10H2,1-2H3/t11-/m0/s1. The smallest absolute Gasteiger partial charge is 0.260 e. The van der Waals surface area contributed by atoms with Gasteiger partial charge in [0, 0.05) is 13.1 Å². The Kier molecular flexibility index (Phi) is 4.94. The number of nitrogens with zero attached hydrogens (tertiary/aromatic N) is 2. The lowest BCUT2D eigenvalue weighted by atomic mass is 10.3. The van der Waals surface area contributed by atoms with E-state index in [0.717, 1.165) is 27.4 Å². The van der Waals surface area contributed by atoms with Crippen LogP contribution in [0.1, 0.15) is 18.0 Å². The van der Waals surface area contributed by atoms with Crippen LogP contribution in [0.15, 0.2) is 42.5 Å². The van der Waals surface area contributed by atoms with E-state index in [0.29, 0.717) is 0 Å². The highest BCUT2D eigenvalue weighted by atomic mass is 32.1. The monoisotopic (exact) mass is 362 g/mol. The Morgan fingerprint density at radius 3 is 2.72 bits per heavy atom. The van der Waals surface area contributed by atoms with Crippen molar-refractivity contribution in [3.63, 3.8) is 0 Å². The van der Waals surface area contributed by atoms with Gasteiger partial charge in [0.15, 0.2) is 18.2 Å². The summed E-state index contributed by atoms with van der Waals surface area (Å²) in [5.41, 5.74) is 0.897. The van der Waals surface area contributed by atoms with Gasteiger partial charge in [-0.25, -0.2) is 13.8 Å². The van der Waals surface area contributed by atoms with Crippen LogP contribution in [-0.4, -0.2) is 29.4 Å². The summed E-state index contributed by atoms with van der Waals surface area (Å²) in [5, 5.41) is 0.824. The van der Waals surface area contributed by atoms with Gasteiger partial charge in [0.05, 0.1) is 16.3 Å². The molecule has 25 heavy (non-hydrogen) atoms. The zero-order valence-electron chi connectivity index (χ0n) is 13.7. The van der Waals surface area contributed by atoms with Gasteiger partial charge in [0.1, 0.15) is 10.8 Å². The summed E-state index contributed by atoms with van der Waals surface area (Å²) < 4.78 is 32.4. The molecule has 3 rings (SSSR count). The molecule has 1 atom stereocenters. The lowest BCUT2D eigenvalue weighted by Gasteiger charge is -2.23. The summed E-state index contributed by atoms with van der Waals surface area (Å²) in [4.78, 5) is 18.4. The Balaban J connectivity index is 1.65. The van der Waals surface area contributed by atoms with Crippen molar-refractivity contribution in [3.05, 3.63) is 59.1 Å². The number of ether oxygens (including phenoxy) is 1. The van der Waals surface area contributed by atoms with E-state index in [4.69, 9.17) is 4.74 Å². The van der Waals surface area contributed by atoms with Gasteiger partial charge in [0.2, 0.25) is 0 Å². The predicted octanol–water partition coefficient (Wildman–Crippen LogP) is 4.17. The van der Waals surface area contributed by atoms with E-state index >= 15 is 0 Å². The van der Waals surface area contributed by atoms with Crippen molar-refractivity contribution in [2.45, 2.75) is 13.0 Å². The van der Waals surface area contributed by atoms with Gasteiger partial charge in [-0.05, 0) is 31.2 Å². The Morgan fingerprint density at radius 1 is 1.24 bits per heavy atom. The Hall–Kier alpha value is -2.54. The number of aromatic nitrogens is 1. The van der Waals surface area contributed by atoms with Crippen molar-refractivity contribution in [1.29, 1.82) is 0 Å². The third-order valence-electron chi connectivity index (χ3n) is 3.90. The maximum absolute atomic E-state index is 13.2. The topological polar surface area (TPSA) is 42.4 Å². The molecule has 1 amide bonds. The van der Waals surface area contributed by atoms with Crippen molar-refractivity contribution in [1.82, 2.24) is 9.88 Å². The molecule has 4 nitrogen and oxygen atoms in total. The van der Waals surface area contributed by atoms with Crippen molar-refractivity contribution >= 4 is 27.5 Å². The van der Waals surface area contributed by atoms with Gasteiger partial charge < -0.3 is 9.64 Å². The summed E-state index contributed by atoms with van der Waals surface area (Å²) in [5.74, 6) is -2.15. The molecule has 2 aromatic carbocycles. The second kappa shape index (κ2) is 7.14. The van der Waals surface area contributed by atoms with E-state index in [1.54, 1.807) is 7.05 Å². The van der Waals surface area contributed by atoms with Gasteiger partial charge in [-0.1, -0.05) is 12.1 Å². The number of para-hydroxylation sites is 1. The van der Waals surface area contributed by atoms with Gasteiger partial charge >= 0.3 is 0 Å². The second-order valence-electron chi connectivity index (χ2n) is 5.57. The van der Waals surface area contributed by atoms with Crippen LogP contribution in [0.5, 0.6) is 5.75 Å². The summed E-state index contributed by atoms with van der Waals surface area (Å²) in [6.07, 6.45) is 0. The molecule has 0 N–H and O–H groups in total. The number of thiazole rings is 1. The van der Waals surface area contributed by atoms with E-state index in [1.165, 1.54) is 22.3 Å². The van der Waals surface area contributed by atoms with Crippen molar-refractivity contribution in [2.75, 3.05) is 13.7 Å². The maximum atomic E-state index is 13.2. The number of rotatable bonds is 5. The molecule has 0 saturated heterocycles. The lowest BCUT2D eigenvalue weighted by Crippen LogP contribution is -2.33. The van der Waals surface area contributed by atoms with Crippen molar-refractivity contribution < 1.29 is 18.3 Å². The largest absolute Gasteiger partial charge is 0.484 e. The average molecular weight is 362 g/mol. The number of hydrogen-bond donors (Lipinski definition) is 0. The molecule has 0 aliphatic carbocycles. The Labute approximate surface area is 147 Å². The number of fused-ring (bicyclic) bond motifs is 1.